The van der Waals surface area contributed by atoms with E-state index in [0.717, 1.165) is 24.6 Å². The Labute approximate surface area is 119 Å². The van der Waals surface area contributed by atoms with Gasteiger partial charge < -0.3 is 0 Å². The largest absolute Gasteiger partial charge is 0.296 e. The summed E-state index contributed by atoms with van der Waals surface area (Å²) in [4.78, 5) is 13.1. The van der Waals surface area contributed by atoms with Crippen molar-refractivity contribution in [2.75, 3.05) is 6.54 Å². The monoisotopic (exact) mass is 274 g/mol. The molecule has 0 aromatic heterocycles. The Morgan fingerprint density at radius 1 is 1.20 bits per heavy atom. The van der Waals surface area contributed by atoms with E-state index in [9.17, 15) is 10.1 Å². The summed E-state index contributed by atoms with van der Waals surface area (Å²) in [6.45, 7) is 2.01. The minimum Gasteiger partial charge on any atom is -0.296 e. The summed E-state index contributed by atoms with van der Waals surface area (Å²) in [6.07, 6.45) is 8.04. The van der Waals surface area contributed by atoms with E-state index in [1.807, 2.05) is 6.07 Å². The van der Waals surface area contributed by atoms with E-state index in [1.54, 1.807) is 18.2 Å². The average Bonchev–Trinajstić information content (AvgIpc) is 2.48. The van der Waals surface area contributed by atoms with E-state index in [-0.39, 0.29) is 10.6 Å². The van der Waals surface area contributed by atoms with E-state index in [2.05, 4.69) is 4.90 Å². The predicted molar refractivity (Wildman–Crippen MR) is 78.5 cm³/mol. The molecule has 0 unspecified atom stereocenters. The van der Waals surface area contributed by atoms with Gasteiger partial charge in [-0.3, -0.25) is 15.0 Å². The number of nitrogens with zero attached hydrogens (tertiary/aromatic N) is 2. The fraction of sp³-hybridized carbons (Fsp3) is 0.625. The zero-order chi connectivity index (χ0) is 13.9. The first-order valence-corrected chi connectivity index (χ1v) is 7.71. The van der Waals surface area contributed by atoms with Gasteiger partial charge in [-0.05, 0) is 43.7 Å². The molecule has 1 aromatic carbocycles. The van der Waals surface area contributed by atoms with Crippen molar-refractivity contribution < 1.29 is 4.92 Å². The molecule has 2 atom stereocenters. The highest BCUT2D eigenvalue weighted by molar-refractivity contribution is 5.34. The van der Waals surface area contributed by atoms with E-state index in [0.29, 0.717) is 6.04 Å². The fourth-order valence-corrected chi connectivity index (χ4v) is 3.93. The van der Waals surface area contributed by atoms with Crippen LogP contribution in [0.4, 0.5) is 5.69 Å². The summed E-state index contributed by atoms with van der Waals surface area (Å²) in [7, 11) is 0. The van der Waals surface area contributed by atoms with Gasteiger partial charge in [0, 0.05) is 24.7 Å². The van der Waals surface area contributed by atoms with Gasteiger partial charge in [0.05, 0.1) is 4.92 Å². The van der Waals surface area contributed by atoms with Gasteiger partial charge in [0.1, 0.15) is 0 Å². The molecule has 108 valence electrons. The number of piperidine rings is 1. The maximum absolute atomic E-state index is 10.9. The second kappa shape index (κ2) is 5.92. The molecule has 2 aliphatic rings. The van der Waals surface area contributed by atoms with Gasteiger partial charge in [0.15, 0.2) is 0 Å². The van der Waals surface area contributed by atoms with Crippen molar-refractivity contribution in [3.05, 3.63) is 39.9 Å². The second-order valence-corrected chi connectivity index (χ2v) is 6.15. The maximum Gasteiger partial charge on any atom is 0.269 e. The summed E-state index contributed by atoms with van der Waals surface area (Å²) in [5, 5.41) is 10.9. The minimum atomic E-state index is -0.302. The lowest BCUT2D eigenvalue weighted by Crippen LogP contribution is -2.46. The zero-order valence-corrected chi connectivity index (χ0v) is 11.8. The first-order chi connectivity index (χ1) is 9.74. The lowest BCUT2D eigenvalue weighted by atomic mass is 9.78. The number of hydrogen-bond donors (Lipinski definition) is 0. The molecule has 0 spiro atoms. The van der Waals surface area contributed by atoms with E-state index in [1.165, 1.54) is 38.5 Å². The Bertz CT molecular complexity index is 487. The Morgan fingerprint density at radius 3 is 2.85 bits per heavy atom. The van der Waals surface area contributed by atoms with Crippen LogP contribution in [-0.4, -0.2) is 22.4 Å². The molecule has 1 aliphatic heterocycles. The maximum atomic E-state index is 10.9. The van der Waals surface area contributed by atoms with E-state index >= 15 is 0 Å². The van der Waals surface area contributed by atoms with Crippen molar-refractivity contribution in [2.45, 2.75) is 51.1 Å². The van der Waals surface area contributed by atoms with Crippen LogP contribution in [0.5, 0.6) is 0 Å². The number of hydrogen-bond acceptors (Lipinski definition) is 3. The van der Waals surface area contributed by atoms with Crippen LogP contribution < -0.4 is 0 Å². The number of fused-ring (bicyclic) bond motifs is 1. The summed E-state index contributed by atoms with van der Waals surface area (Å²) >= 11 is 0. The molecular formula is C16H22N2O2. The average molecular weight is 274 g/mol. The third-order valence-electron chi connectivity index (χ3n) is 4.87. The molecule has 1 saturated carbocycles. The van der Waals surface area contributed by atoms with Crippen molar-refractivity contribution in [3.8, 4) is 0 Å². The van der Waals surface area contributed by atoms with Crippen LogP contribution in [0.2, 0.25) is 0 Å². The molecule has 2 fully saturated rings. The third kappa shape index (κ3) is 2.85. The third-order valence-corrected chi connectivity index (χ3v) is 4.87. The molecule has 1 aromatic rings. The van der Waals surface area contributed by atoms with Gasteiger partial charge in [-0.15, -0.1) is 0 Å². The molecular weight excluding hydrogens is 252 g/mol. The van der Waals surface area contributed by atoms with Crippen molar-refractivity contribution in [2.24, 2.45) is 5.92 Å². The van der Waals surface area contributed by atoms with Gasteiger partial charge >= 0.3 is 0 Å². The standard InChI is InChI=1S/C16H22N2O2/c19-18(20)15-8-3-5-13(11-15)12-17-10-4-7-14-6-1-2-9-16(14)17/h3,5,8,11,14,16H,1-2,4,6-7,9-10,12H2/t14-,16+/m1/s1. The molecule has 1 aliphatic carbocycles. The highest BCUT2D eigenvalue weighted by atomic mass is 16.6. The highest BCUT2D eigenvalue weighted by Gasteiger charge is 2.32. The number of likely N-dealkylation sites (tertiary alicyclic amines) is 1. The number of nitro benzene ring substituents is 1. The van der Waals surface area contributed by atoms with Crippen LogP contribution >= 0.6 is 0 Å². The van der Waals surface area contributed by atoms with Crippen molar-refractivity contribution in [3.63, 3.8) is 0 Å². The SMILES string of the molecule is O=[N+]([O-])c1cccc(CN2CCC[C@H]3CCCC[C@@H]32)c1. The Balaban J connectivity index is 1.72. The van der Waals surface area contributed by atoms with Crippen LogP contribution in [0.25, 0.3) is 0 Å². The lowest BCUT2D eigenvalue weighted by Gasteiger charge is -2.44. The van der Waals surface area contributed by atoms with Crippen LogP contribution in [0, 0.1) is 16.0 Å². The van der Waals surface area contributed by atoms with Crippen molar-refractivity contribution >= 4 is 5.69 Å². The fourth-order valence-electron chi connectivity index (χ4n) is 3.93. The molecule has 0 amide bonds. The van der Waals surface area contributed by atoms with Crippen LogP contribution in [0.1, 0.15) is 44.1 Å². The molecule has 1 saturated heterocycles. The molecule has 0 radical (unpaired) electrons. The molecule has 1 heterocycles. The Kier molecular flexibility index (Phi) is 4.01. The summed E-state index contributed by atoms with van der Waals surface area (Å²) < 4.78 is 0. The van der Waals surface area contributed by atoms with Crippen molar-refractivity contribution in [1.29, 1.82) is 0 Å². The number of nitro groups is 1. The number of non-ortho nitro benzene ring substituents is 1. The van der Waals surface area contributed by atoms with Crippen LogP contribution in [0.15, 0.2) is 24.3 Å². The first kappa shape index (κ1) is 13.6. The van der Waals surface area contributed by atoms with E-state index in [4.69, 9.17) is 0 Å². The highest BCUT2D eigenvalue weighted by Crippen LogP contribution is 2.36. The second-order valence-electron chi connectivity index (χ2n) is 6.15. The van der Waals surface area contributed by atoms with Gasteiger partial charge in [-0.1, -0.05) is 25.0 Å². The Morgan fingerprint density at radius 2 is 2.00 bits per heavy atom. The first-order valence-electron chi connectivity index (χ1n) is 7.71. The summed E-state index contributed by atoms with van der Waals surface area (Å²) in [5.74, 6) is 0.858. The zero-order valence-electron chi connectivity index (χ0n) is 11.8. The Hall–Kier alpha value is -1.42. The number of benzene rings is 1. The van der Waals surface area contributed by atoms with Gasteiger partial charge in [0.25, 0.3) is 5.69 Å². The van der Waals surface area contributed by atoms with Gasteiger partial charge in [0.2, 0.25) is 0 Å². The summed E-state index contributed by atoms with van der Waals surface area (Å²) in [5.41, 5.74) is 1.28. The molecule has 0 bridgehead atoms. The molecule has 3 rings (SSSR count). The normalized spacial score (nSPS) is 27.0. The van der Waals surface area contributed by atoms with Gasteiger partial charge in [-0.2, -0.15) is 0 Å². The number of rotatable bonds is 3. The lowest BCUT2D eigenvalue weighted by molar-refractivity contribution is -0.384. The summed E-state index contributed by atoms with van der Waals surface area (Å²) in [6, 6.07) is 7.82. The molecule has 20 heavy (non-hydrogen) atoms. The van der Waals surface area contributed by atoms with E-state index < -0.39 is 0 Å². The quantitative estimate of drug-likeness (QED) is 0.623. The minimum absolute atomic E-state index is 0.208. The smallest absolute Gasteiger partial charge is 0.269 e. The predicted octanol–water partition coefficient (Wildman–Crippen LogP) is 3.75. The molecule has 4 nitrogen and oxygen atoms in total. The topological polar surface area (TPSA) is 46.4 Å². The van der Waals surface area contributed by atoms with Crippen LogP contribution in [0.3, 0.4) is 0 Å². The van der Waals surface area contributed by atoms with Crippen molar-refractivity contribution in [1.82, 2.24) is 4.90 Å². The molecule has 4 heteroatoms. The van der Waals surface area contributed by atoms with Gasteiger partial charge in [-0.25, -0.2) is 0 Å². The molecule has 0 N–H and O–H groups in total. The van der Waals surface area contributed by atoms with Crippen LogP contribution in [-0.2, 0) is 6.54 Å².